The summed E-state index contributed by atoms with van der Waals surface area (Å²) in [5.74, 6) is 4.51. The number of alkyl halides is 1. The van der Waals surface area contributed by atoms with Crippen LogP contribution >= 0.6 is 11.6 Å². The van der Waals surface area contributed by atoms with Crippen LogP contribution < -0.4 is 11.3 Å². The summed E-state index contributed by atoms with van der Waals surface area (Å²) < 4.78 is 14.3. The van der Waals surface area contributed by atoms with Crippen molar-refractivity contribution < 1.29 is 9.18 Å². The molecule has 2 rings (SSSR count). The van der Waals surface area contributed by atoms with Gasteiger partial charge in [0.05, 0.1) is 10.6 Å². The minimum absolute atomic E-state index is 0.147. The van der Waals surface area contributed by atoms with Gasteiger partial charge in [0.25, 0.3) is 5.91 Å². The zero-order valence-electron chi connectivity index (χ0n) is 8.59. The second kappa shape index (κ2) is 4.03. The molecule has 0 atom stereocenters. The third-order valence-electron chi connectivity index (χ3n) is 3.00. The molecule has 0 heterocycles. The maximum Gasteiger partial charge on any atom is 0.267 e. The Hall–Kier alpha value is -1.13. The first-order valence-electron chi connectivity index (χ1n) is 5.07. The maximum atomic E-state index is 14.3. The highest BCUT2D eigenvalue weighted by atomic mass is 35.5. The van der Waals surface area contributed by atoms with Gasteiger partial charge in [-0.25, -0.2) is 10.2 Å². The van der Waals surface area contributed by atoms with Crippen LogP contribution in [0.2, 0.25) is 5.02 Å². The summed E-state index contributed by atoms with van der Waals surface area (Å²) in [5.41, 5.74) is 1.06. The molecule has 1 aliphatic carbocycles. The summed E-state index contributed by atoms with van der Waals surface area (Å²) in [6.45, 7) is 0. The Kier molecular flexibility index (Phi) is 2.86. The first kappa shape index (κ1) is 11.4. The van der Waals surface area contributed by atoms with Crippen molar-refractivity contribution in [2.45, 2.75) is 24.9 Å². The number of halogens is 2. The van der Waals surface area contributed by atoms with Crippen LogP contribution in [0.3, 0.4) is 0 Å². The quantitative estimate of drug-likeness (QED) is 0.475. The average molecular weight is 243 g/mol. The van der Waals surface area contributed by atoms with E-state index in [1.165, 1.54) is 0 Å². The van der Waals surface area contributed by atoms with Crippen molar-refractivity contribution in [2.75, 3.05) is 0 Å². The molecule has 0 bridgehead atoms. The molecule has 5 heteroatoms. The van der Waals surface area contributed by atoms with Gasteiger partial charge in [0.2, 0.25) is 0 Å². The van der Waals surface area contributed by atoms with Gasteiger partial charge < -0.3 is 0 Å². The Bertz CT molecular complexity index is 432. The summed E-state index contributed by atoms with van der Waals surface area (Å²) in [7, 11) is 0. The van der Waals surface area contributed by atoms with E-state index in [4.69, 9.17) is 17.4 Å². The van der Waals surface area contributed by atoms with Crippen molar-refractivity contribution in [3.8, 4) is 0 Å². The van der Waals surface area contributed by atoms with Gasteiger partial charge in [-0.3, -0.25) is 10.2 Å². The van der Waals surface area contributed by atoms with Crippen molar-refractivity contribution in [1.82, 2.24) is 5.43 Å². The molecule has 16 heavy (non-hydrogen) atoms. The molecule has 0 aliphatic heterocycles. The molecule has 1 saturated carbocycles. The molecule has 0 saturated heterocycles. The molecular formula is C11H12ClFN2O. The van der Waals surface area contributed by atoms with Crippen LogP contribution in [0.15, 0.2) is 18.2 Å². The molecule has 1 fully saturated rings. The van der Waals surface area contributed by atoms with Crippen LogP contribution in [-0.2, 0) is 5.67 Å². The fourth-order valence-electron chi connectivity index (χ4n) is 1.96. The van der Waals surface area contributed by atoms with E-state index in [1.54, 1.807) is 18.2 Å². The lowest BCUT2D eigenvalue weighted by Gasteiger charge is -2.35. The van der Waals surface area contributed by atoms with Crippen molar-refractivity contribution in [1.29, 1.82) is 0 Å². The van der Waals surface area contributed by atoms with E-state index in [2.05, 4.69) is 0 Å². The number of hydrazine groups is 1. The number of carbonyl (C=O) groups excluding carboxylic acids is 1. The normalized spacial score (nSPS) is 17.7. The number of rotatable bonds is 2. The van der Waals surface area contributed by atoms with E-state index in [-0.39, 0.29) is 10.6 Å². The maximum absolute atomic E-state index is 14.3. The minimum atomic E-state index is -1.42. The second-order valence-corrected chi connectivity index (χ2v) is 4.36. The van der Waals surface area contributed by atoms with Gasteiger partial charge in [0.1, 0.15) is 5.67 Å². The molecule has 0 aromatic heterocycles. The summed E-state index contributed by atoms with van der Waals surface area (Å²) in [6.07, 6.45) is 1.68. The van der Waals surface area contributed by atoms with Gasteiger partial charge in [0.15, 0.2) is 0 Å². The SMILES string of the molecule is NNC(=O)c1c(Cl)cccc1C1(F)CCC1. The Morgan fingerprint density at radius 3 is 2.69 bits per heavy atom. The van der Waals surface area contributed by atoms with Crippen LogP contribution in [0.4, 0.5) is 4.39 Å². The van der Waals surface area contributed by atoms with Gasteiger partial charge in [-0.05, 0) is 25.3 Å². The number of hydrogen-bond acceptors (Lipinski definition) is 2. The zero-order chi connectivity index (χ0) is 11.8. The summed E-state index contributed by atoms with van der Waals surface area (Å²) >= 11 is 5.91. The van der Waals surface area contributed by atoms with Crippen molar-refractivity contribution in [3.63, 3.8) is 0 Å². The van der Waals surface area contributed by atoms with E-state index >= 15 is 0 Å². The number of benzene rings is 1. The highest BCUT2D eigenvalue weighted by Crippen LogP contribution is 2.47. The molecule has 0 radical (unpaired) electrons. The van der Waals surface area contributed by atoms with E-state index in [0.29, 0.717) is 18.4 Å². The zero-order valence-corrected chi connectivity index (χ0v) is 9.35. The van der Waals surface area contributed by atoms with E-state index in [0.717, 1.165) is 6.42 Å². The largest absolute Gasteiger partial charge is 0.290 e. The Morgan fingerprint density at radius 1 is 1.50 bits per heavy atom. The molecule has 86 valence electrons. The van der Waals surface area contributed by atoms with Crippen LogP contribution in [0.5, 0.6) is 0 Å². The fraction of sp³-hybridized carbons (Fsp3) is 0.364. The molecule has 1 aromatic rings. The van der Waals surface area contributed by atoms with Crippen LogP contribution in [0.1, 0.15) is 35.2 Å². The second-order valence-electron chi connectivity index (χ2n) is 3.95. The molecule has 1 aliphatic rings. The number of nitrogens with two attached hydrogens (primary N) is 1. The van der Waals surface area contributed by atoms with Crippen LogP contribution in [0.25, 0.3) is 0 Å². The summed E-state index contributed by atoms with van der Waals surface area (Å²) in [5, 5.41) is 0.226. The van der Waals surface area contributed by atoms with Gasteiger partial charge in [-0.1, -0.05) is 23.7 Å². The Morgan fingerprint density at radius 2 is 2.19 bits per heavy atom. The average Bonchev–Trinajstić information content (AvgIpc) is 2.24. The standard InChI is InChI=1S/C11H12ClFN2O/c12-8-4-1-3-7(9(8)10(16)15-14)11(13)5-2-6-11/h1,3-4H,2,5-6,14H2,(H,15,16). The summed E-state index contributed by atoms with van der Waals surface area (Å²) in [6, 6.07) is 4.79. The number of nitrogen functional groups attached to an aromatic ring is 1. The van der Waals surface area contributed by atoms with E-state index < -0.39 is 11.6 Å². The highest BCUT2D eigenvalue weighted by molar-refractivity contribution is 6.34. The lowest BCUT2D eigenvalue weighted by atomic mass is 9.75. The fourth-order valence-corrected chi connectivity index (χ4v) is 2.22. The van der Waals surface area contributed by atoms with Gasteiger partial charge >= 0.3 is 0 Å². The number of amides is 1. The topological polar surface area (TPSA) is 55.1 Å². The molecule has 3 nitrogen and oxygen atoms in total. The smallest absolute Gasteiger partial charge is 0.267 e. The van der Waals surface area contributed by atoms with E-state index in [9.17, 15) is 9.18 Å². The Balaban J connectivity index is 2.52. The van der Waals surface area contributed by atoms with Gasteiger partial charge in [0, 0.05) is 5.56 Å². The first-order valence-corrected chi connectivity index (χ1v) is 5.45. The molecule has 0 unspecified atom stereocenters. The molecular weight excluding hydrogens is 231 g/mol. The number of carbonyl (C=O) groups is 1. The van der Waals surface area contributed by atoms with Crippen LogP contribution in [-0.4, -0.2) is 5.91 Å². The van der Waals surface area contributed by atoms with Crippen LogP contribution in [0, 0.1) is 0 Å². The van der Waals surface area contributed by atoms with Crippen molar-refractivity contribution in [3.05, 3.63) is 34.3 Å². The van der Waals surface area contributed by atoms with Crippen molar-refractivity contribution >= 4 is 17.5 Å². The number of hydrogen-bond donors (Lipinski definition) is 2. The summed E-state index contributed by atoms with van der Waals surface area (Å²) in [4.78, 5) is 11.6. The minimum Gasteiger partial charge on any atom is -0.290 e. The lowest BCUT2D eigenvalue weighted by molar-refractivity contribution is 0.0587. The lowest BCUT2D eigenvalue weighted by Crippen LogP contribution is -2.36. The van der Waals surface area contributed by atoms with Crippen molar-refractivity contribution in [2.24, 2.45) is 5.84 Å². The molecule has 3 N–H and O–H groups in total. The van der Waals surface area contributed by atoms with Gasteiger partial charge in [-0.15, -0.1) is 0 Å². The van der Waals surface area contributed by atoms with Gasteiger partial charge in [-0.2, -0.15) is 0 Å². The monoisotopic (exact) mass is 242 g/mol. The molecule has 1 amide bonds. The Labute approximate surface area is 97.7 Å². The molecule has 0 spiro atoms. The van der Waals surface area contributed by atoms with E-state index in [1.807, 2.05) is 5.43 Å². The third kappa shape index (κ3) is 1.68. The highest BCUT2D eigenvalue weighted by Gasteiger charge is 2.41. The third-order valence-corrected chi connectivity index (χ3v) is 3.32. The predicted octanol–water partition coefficient (Wildman–Crippen LogP) is 2.29. The molecule has 1 aromatic carbocycles. The predicted molar refractivity (Wildman–Crippen MR) is 59.7 cm³/mol. The number of nitrogens with one attached hydrogen (secondary N) is 1. The first-order chi connectivity index (χ1) is 7.58.